The molecule has 1 amide bonds. The number of sulfonamides is 1. The summed E-state index contributed by atoms with van der Waals surface area (Å²) in [5.41, 5.74) is 4.14. The van der Waals surface area contributed by atoms with Crippen molar-refractivity contribution in [1.29, 1.82) is 0 Å². The van der Waals surface area contributed by atoms with Gasteiger partial charge in [0.1, 0.15) is 24.7 Å². The Balaban J connectivity index is 1.44. The number of methoxy groups -OCH3 is 1. The van der Waals surface area contributed by atoms with Crippen molar-refractivity contribution in [3.8, 4) is 11.5 Å². The Kier molecular flexibility index (Phi) is 9.65. The van der Waals surface area contributed by atoms with Crippen molar-refractivity contribution in [3.63, 3.8) is 0 Å². The third-order valence-corrected chi connectivity index (χ3v) is 7.85. The summed E-state index contributed by atoms with van der Waals surface area (Å²) < 4.78 is 39.1. The van der Waals surface area contributed by atoms with Crippen molar-refractivity contribution >= 4 is 51.0 Å². The summed E-state index contributed by atoms with van der Waals surface area (Å²) in [4.78, 5) is 12.8. The first-order chi connectivity index (χ1) is 19.3. The first kappa shape index (κ1) is 28.9. The molecule has 0 saturated heterocycles. The molecule has 4 aromatic rings. The molecule has 0 spiro atoms. The van der Waals surface area contributed by atoms with Gasteiger partial charge in [0.05, 0.1) is 23.9 Å². The highest BCUT2D eigenvalue weighted by atomic mass is 35.5. The van der Waals surface area contributed by atoms with Gasteiger partial charge in [-0.05, 0) is 77.9 Å². The Morgan fingerprint density at radius 1 is 0.925 bits per heavy atom. The first-order valence-electron chi connectivity index (χ1n) is 12.0. The molecule has 0 radical (unpaired) electrons. The van der Waals surface area contributed by atoms with Crippen molar-refractivity contribution in [3.05, 3.63) is 118 Å². The Hall–Kier alpha value is -4.05. The molecular weight excluding hydrogens is 573 g/mol. The van der Waals surface area contributed by atoms with E-state index in [0.717, 1.165) is 9.87 Å². The number of anilines is 1. The number of nitrogens with zero attached hydrogens (tertiary/aromatic N) is 2. The highest BCUT2D eigenvalue weighted by Gasteiger charge is 2.29. The quantitative estimate of drug-likeness (QED) is 0.171. The number of ether oxygens (including phenoxy) is 2. The van der Waals surface area contributed by atoms with Gasteiger partial charge in [-0.15, -0.1) is 0 Å². The van der Waals surface area contributed by atoms with Crippen LogP contribution in [0.2, 0.25) is 10.0 Å². The molecule has 0 bridgehead atoms. The minimum absolute atomic E-state index is 0.00556. The molecule has 0 atom stereocenters. The van der Waals surface area contributed by atoms with Crippen LogP contribution in [-0.4, -0.2) is 34.2 Å². The van der Waals surface area contributed by atoms with Gasteiger partial charge >= 0.3 is 0 Å². The molecule has 0 heterocycles. The standard InChI is InChI=1S/C29H25Cl2N3O5S/c1-38-28-15-12-24(31)17-27(28)34(40(36,37)26-8-3-2-4-9-26)19-29(35)33-32-18-21-10-13-25(14-11-21)39-20-22-6-5-7-23(30)16-22/h2-18H,19-20H2,1H3,(H,33,35)/b32-18-. The highest BCUT2D eigenvalue weighted by molar-refractivity contribution is 7.92. The summed E-state index contributed by atoms with van der Waals surface area (Å²) in [6.45, 7) is -0.203. The predicted octanol–water partition coefficient (Wildman–Crippen LogP) is 5.93. The maximum atomic E-state index is 13.5. The van der Waals surface area contributed by atoms with Crippen LogP contribution in [0.3, 0.4) is 0 Å². The molecule has 8 nitrogen and oxygen atoms in total. The number of hydrogen-bond acceptors (Lipinski definition) is 6. The number of halogens is 2. The normalized spacial score (nSPS) is 11.3. The van der Waals surface area contributed by atoms with Crippen LogP contribution in [0.1, 0.15) is 11.1 Å². The molecule has 0 aliphatic heterocycles. The molecule has 0 aliphatic carbocycles. The van der Waals surface area contributed by atoms with Crippen molar-refractivity contribution in [2.75, 3.05) is 18.0 Å². The molecular formula is C29H25Cl2N3O5S. The largest absolute Gasteiger partial charge is 0.495 e. The van der Waals surface area contributed by atoms with Crippen molar-refractivity contribution < 1.29 is 22.7 Å². The average Bonchev–Trinajstić information content (AvgIpc) is 2.96. The molecule has 0 saturated carbocycles. The van der Waals surface area contributed by atoms with Gasteiger partial charge in [-0.1, -0.05) is 53.5 Å². The van der Waals surface area contributed by atoms with E-state index >= 15 is 0 Å². The first-order valence-corrected chi connectivity index (χ1v) is 14.2. The number of carbonyl (C=O) groups is 1. The Morgan fingerprint density at radius 2 is 1.65 bits per heavy atom. The minimum Gasteiger partial charge on any atom is -0.495 e. The van der Waals surface area contributed by atoms with Gasteiger partial charge in [-0.2, -0.15) is 5.10 Å². The number of amides is 1. The lowest BCUT2D eigenvalue weighted by atomic mass is 10.2. The van der Waals surface area contributed by atoms with Crippen LogP contribution < -0.4 is 19.2 Å². The average molecular weight is 599 g/mol. The van der Waals surface area contributed by atoms with E-state index in [0.29, 0.717) is 22.9 Å². The van der Waals surface area contributed by atoms with E-state index in [9.17, 15) is 13.2 Å². The lowest BCUT2D eigenvalue weighted by molar-refractivity contribution is -0.119. The second-order valence-corrected chi connectivity index (χ2v) is 11.2. The summed E-state index contributed by atoms with van der Waals surface area (Å²) in [7, 11) is -2.75. The Morgan fingerprint density at radius 3 is 2.35 bits per heavy atom. The van der Waals surface area contributed by atoms with E-state index in [4.69, 9.17) is 32.7 Å². The van der Waals surface area contributed by atoms with Crippen LogP contribution in [0.4, 0.5) is 5.69 Å². The second-order valence-electron chi connectivity index (χ2n) is 8.42. The number of nitrogens with one attached hydrogen (secondary N) is 1. The maximum Gasteiger partial charge on any atom is 0.264 e. The summed E-state index contributed by atoms with van der Waals surface area (Å²) >= 11 is 12.2. The van der Waals surface area contributed by atoms with Crippen molar-refractivity contribution in [2.24, 2.45) is 5.10 Å². The summed E-state index contributed by atoms with van der Waals surface area (Å²) in [5.74, 6) is 0.218. The van der Waals surface area contributed by atoms with Crippen molar-refractivity contribution in [1.82, 2.24) is 5.43 Å². The molecule has 11 heteroatoms. The van der Waals surface area contributed by atoms with Gasteiger partial charge in [-0.3, -0.25) is 9.10 Å². The number of rotatable bonds is 11. The fourth-order valence-corrected chi connectivity index (χ4v) is 5.49. The molecule has 0 aromatic heterocycles. The molecule has 206 valence electrons. The van der Waals surface area contributed by atoms with Crippen LogP contribution in [0.25, 0.3) is 0 Å². The summed E-state index contributed by atoms with van der Waals surface area (Å²) in [6.07, 6.45) is 1.44. The number of hydrazone groups is 1. The van der Waals surface area contributed by atoms with E-state index in [-0.39, 0.29) is 21.4 Å². The lowest BCUT2D eigenvalue weighted by Crippen LogP contribution is -2.39. The second kappa shape index (κ2) is 13.3. The molecule has 0 aliphatic rings. The summed E-state index contributed by atoms with van der Waals surface area (Å²) in [5, 5.41) is 4.90. The highest BCUT2D eigenvalue weighted by Crippen LogP contribution is 2.34. The zero-order valence-corrected chi connectivity index (χ0v) is 23.7. The van der Waals surface area contributed by atoms with Gasteiger partial charge in [0.2, 0.25) is 0 Å². The molecule has 4 aromatic carbocycles. The van der Waals surface area contributed by atoms with Crippen LogP contribution in [0.5, 0.6) is 11.5 Å². The van der Waals surface area contributed by atoms with Crippen LogP contribution in [-0.2, 0) is 21.4 Å². The van der Waals surface area contributed by atoms with E-state index in [1.54, 1.807) is 54.6 Å². The van der Waals surface area contributed by atoms with E-state index in [1.165, 1.54) is 37.6 Å². The smallest absolute Gasteiger partial charge is 0.264 e. The van der Waals surface area contributed by atoms with E-state index in [1.807, 2.05) is 18.2 Å². The number of benzene rings is 4. The van der Waals surface area contributed by atoms with Gasteiger partial charge < -0.3 is 9.47 Å². The molecule has 0 unspecified atom stereocenters. The predicted molar refractivity (Wildman–Crippen MR) is 157 cm³/mol. The van der Waals surface area contributed by atoms with Crippen molar-refractivity contribution in [2.45, 2.75) is 11.5 Å². The molecule has 40 heavy (non-hydrogen) atoms. The van der Waals surface area contributed by atoms with Gasteiger partial charge in [0.25, 0.3) is 15.9 Å². The number of carbonyl (C=O) groups excluding carboxylic acids is 1. The molecule has 0 fully saturated rings. The molecule has 4 rings (SSSR count). The molecule has 1 N–H and O–H groups in total. The fraction of sp³-hybridized carbons (Fsp3) is 0.103. The Labute approximate surface area is 242 Å². The number of hydrogen-bond donors (Lipinski definition) is 1. The lowest BCUT2D eigenvalue weighted by Gasteiger charge is -2.25. The topological polar surface area (TPSA) is 97.3 Å². The SMILES string of the molecule is COc1ccc(Cl)cc1N(CC(=O)N/N=C\c1ccc(OCc2cccc(Cl)c2)cc1)S(=O)(=O)c1ccccc1. The summed E-state index contributed by atoms with van der Waals surface area (Å²) in [6, 6.07) is 26.8. The Bertz CT molecular complexity index is 1600. The van der Waals surface area contributed by atoms with Crippen LogP contribution in [0, 0.1) is 0 Å². The zero-order valence-electron chi connectivity index (χ0n) is 21.3. The fourth-order valence-electron chi connectivity index (χ4n) is 3.67. The van der Waals surface area contributed by atoms with Gasteiger partial charge in [-0.25, -0.2) is 13.8 Å². The third-order valence-electron chi connectivity index (χ3n) is 5.61. The van der Waals surface area contributed by atoms with Gasteiger partial charge in [0, 0.05) is 10.0 Å². The monoisotopic (exact) mass is 597 g/mol. The minimum atomic E-state index is -4.15. The zero-order chi connectivity index (χ0) is 28.5. The van der Waals surface area contributed by atoms with E-state index < -0.39 is 22.5 Å². The van der Waals surface area contributed by atoms with Crippen LogP contribution >= 0.6 is 23.2 Å². The maximum absolute atomic E-state index is 13.5. The van der Waals surface area contributed by atoms with E-state index in [2.05, 4.69) is 10.5 Å². The van der Waals surface area contributed by atoms with Gasteiger partial charge in [0.15, 0.2) is 0 Å². The van der Waals surface area contributed by atoms with Crippen LogP contribution in [0.15, 0.2) is 107 Å². The third kappa shape index (κ3) is 7.53.